The molecule has 1 saturated heterocycles. The lowest BCUT2D eigenvalue weighted by molar-refractivity contribution is 0.00578. The second kappa shape index (κ2) is 4.27. The number of anilines is 1. The molecule has 3 nitrogen and oxygen atoms in total. The van der Waals surface area contributed by atoms with Gasteiger partial charge in [-0.15, -0.1) is 0 Å². The van der Waals surface area contributed by atoms with E-state index in [9.17, 15) is 0 Å². The molecule has 0 N–H and O–H groups in total. The molecule has 1 fully saturated rings. The van der Waals surface area contributed by atoms with Crippen LogP contribution in [-0.2, 0) is 15.7 Å². The first kappa shape index (κ1) is 14.9. The van der Waals surface area contributed by atoms with Crippen LogP contribution < -0.4 is 10.4 Å². The first-order valence-electron chi connectivity index (χ1n) is 7.76. The van der Waals surface area contributed by atoms with Crippen LogP contribution in [0.4, 0.5) is 5.69 Å². The Hall–Kier alpha value is -0.995. The Labute approximate surface area is 128 Å². The number of hydrogen-bond donors (Lipinski definition) is 0. The summed E-state index contributed by atoms with van der Waals surface area (Å²) in [5.74, 6) is 0. The predicted molar refractivity (Wildman–Crippen MR) is 88.3 cm³/mol. The van der Waals surface area contributed by atoms with Gasteiger partial charge < -0.3 is 14.2 Å². The maximum atomic E-state index is 6.15. The first-order chi connectivity index (χ1) is 9.53. The first-order valence-corrected chi connectivity index (χ1v) is 7.76. The Bertz CT molecular complexity index is 564. The van der Waals surface area contributed by atoms with E-state index in [1.165, 1.54) is 11.3 Å². The minimum absolute atomic E-state index is 0.177. The van der Waals surface area contributed by atoms with Crippen LogP contribution in [0, 0.1) is 0 Å². The van der Waals surface area contributed by atoms with E-state index in [-0.39, 0.29) is 23.9 Å². The van der Waals surface area contributed by atoms with Crippen molar-refractivity contribution < 1.29 is 9.31 Å². The van der Waals surface area contributed by atoms with Crippen LogP contribution >= 0.6 is 0 Å². The number of benzene rings is 1. The zero-order chi connectivity index (χ0) is 15.6. The lowest BCUT2D eigenvalue weighted by atomic mass is 9.78. The summed E-state index contributed by atoms with van der Waals surface area (Å²) in [6.07, 6.45) is 1.06. The fraction of sp³-hybridized carbons (Fsp3) is 0.647. The van der Waals surface area contributed by atoms with Crippen LogP contribution in [0.5, 0.6) is 0 Å². The highest BCUT2D eigenvalue weighted by molar-refractivity contribution is 6.62. The van der Waals surface area contributed by atoms with Crippen molar-refractivity contribution in [3.8, 4) is 0 Å². The van der Waals surface area contributed by atoms with Gasteiger partial charge in [-0.2, -0.15) is 0 Å². The average Bonchev–Trinajstić information content (AvgIpc) is 2.70. The zero-order valence-corrected chi connectivity index (χ0v) is 14.3. The Morgan fingerprint density at radius 1 is 1.00 bits per heavy atom. The van der Waals surface area contributed by atoms with Crippen molar-refractivity contribution in [2.24, 2.45) is 0 Å². The normalized spacial score (nSPS) is 25.3. The lowest BCUT2D eigenvalue weighted by Crippen LogP contribution is -2.41. The summed E-state index contributed by atoms with van der Waals surface area (Å²) in [6, 6.07) is 6.59. The van der Waals surface area contributed by atoms with Gasteiger partial charge in [0.2, 0.25) is 0 Å². The molecule has 21 heavy (non-hydrogen) atoms. The topological polar surface area (TPSA) is 21.7 Å². The number of fused-ring (bicyclic) bond motifs is 1. The summed E-state index contributed by atoms with van der Waals surface area (Å²) in [7, 11) is 1.90. The van der Waals surface area contributed by atoms with Crippen molar-refractivity contribution >= 4 is 18.3 Å². The molecule has 0 spiro atoms. The molecule has 0 aromatic heterocycles. The molecule has 1 aromatic rings. The minimum Gasteiger partial charge on any atom is -0.399 e. The minimum atomic E-state index is -0.285. The molecule has 3 rings (SSSR count). The summed E-state index contributed by atoms with van der Waals surface area (Å²) in [5, 5.41) is 0. The second-order valence-corrected chi connectivity index (χ2v) is 8.02. The Kier molecular flexibility index (Phi) is 3.03. The van der Waals surface area contributed by atoms with Gasteiger partial charge in [0, 0.05) is 18.3 Å². The third-order valence-electron chi connectivity index (χ3n) is 5.52. The third-order valence-corrected chi connectivity index (χ3v) is 5.52. The van der Waals surface area contributed by atoms with E-state index >= 15 is 0 Å². The molecule has 2 aliphatic heterocycles. The quantitative estimate of drug-likeness (QED) is 0.741. The molecule has 0 aliphatic carbocycles. The zero-order valence-electron chi connectivity index (χ0n) is 14.3. The molecule has 0 bridgehead atoms. The van der Waals surface area contributed by atoms with Gasteiger partial charge in [-0.1, -0.05) is 12.1 Å². The van der Waals surface area contributed by atoms with Gasteiger partial charge in [0.15, 0.2) is 0 Å². The molecule has 2 aliphatic rings. The molecule has 0 saturated carbocycles. The largest absolute Gasteiger partial charge is 0.494 e. The number of nitrogens with zero attached hydrogens (tertiary/aromatic N) is 1. The van der Waals surface area contributed by atoms with E-state index in [1.807, 2.05) is 0 Å². The van der Waals surface area contributed by atoms with Gasteiger partial charge in [0.25, 0.3) is 0 Å². The van der Waals surface area contributed by atoms with E-state index in [0.29, 0.717) is 0 Å². The molecule has 4 heteroatoms. The van der Waals surface area contributed by atoms with Crippen molar-refractivity contribution in [2.75, 3.05) is 11.9 Å². The molecule has 0 radical (unpaired) electrons. The summed E-state index contributed by atoms with van der Waals surface area (Å²) in [5.41, 5.74) is 3.43. The van der Waals surface area contributed by atoms with Crippen LogP contribution in [-0.4, -0.2) is 30.9 Å². The van der Waals surface area contributed by atoms with Crippen LogP contribution in [0.3, 0.4) is 0 Å². The number of hydrogen-bond acceptors (Lipinski definition) is 3. The molecule has 2 heterocycles. The van der Waals surface area contributed by atoms with Crippen molar-refractivity contribution in [1.29, 1.82) is 0 Å². The number of rotatable bonds is 1. The van der Waals surface area contributed by atoms with Crippen LogP contribution in [0.2, 0.25) is 0 Å². The second-order valence-electron chi connectivity index (χ2n) is 8.02. The highest BCUT2D eigenvalue weighted by atomic mass is 16.7. The number of likely N-dealkylation sites (N-methyl/N-ethyl adjacent to an activating group) is 1. The Balaban J connectivity index is 1.91. The van der Waals surface area contributed by atoms with E-state index in [2.05, 4.69) is 71.7 Å². The van der Waals surface area contributed by atoms with E-state index in [0.717, 1.165) is 11.9 Å². The molecule has 0 atom stereocenters. The smallest absolute Gasteiger partial charge is 0.399 e. The van der Waals surface area contributed by atoms with Crippen LogP contribution in [0.15, 0.2) is 18.2 Å². The summed E-state index contributed by atoms with van der Waals surface area (Å²) < 4.78 is 12.3. The van der Waals surface area contributed by atoms with Gasteiger partial charge in [-0.05, 0) is 65.1 Å². The highest BCUT2D eigenvalue weighted by Crippen LogP contribution is 2.39. The maximum Gasteiger partial charge on any atom is 0.494 e. The van der Waals surface area contributed by atoms with Crippen molar-refractivity contribution in [3.05, 3.63) is 23.8 Å². The van der Waals surface area contributed by atoms with E-state index in [4.69, 9.17) is 9.31 Å². The summed E-state index contributed by atoms with van der Waals surface area (Å²) >= 11 is 0. The third kappa shape index (κ3) is 2.20. The van der Waals surface area contributed by atoms with Crippen molar-refractivity contribution in [3.63, 3.8) is 0 Å². The average molecular weight is 287 g/mol. The molecule has 114 valence electrons. The molecule has 1 aromatic carbocycles. The predicted octanol–water partition coefficient (Wildman–Crippen LogP) is 2.76. The van der Waals surface area contributed by atoms with Crippen LogP contribution in [0.25, 0.3) is 0 Å². The van der Waals surface area contributed by atoms with Gasteiger partial charge in [0.05, 0.1) is 11.2 Å². The fourth-order valence-electron chi connectivity index (χ4n) is 3.11. The summed E-state index contributed by atoms with van der Waals surface area (Å²) in [6.45, 7) is 12.9. The Morgan fingerprint density at radius 3 is 2.14 bits per heavy atom. The van der Waals surface area contributed by atoms with Crippen LogP contribution in [0.1, 0.15) is 47.1 Å². The van der Waals surface area contributed by atoms with Gasteiger partial charge >= 0.3 is 7.12 Å². The van der Waals surface area contributed by atoms with Gasteiger partial charge in [-0.25, -0.2) is 0 Å². The van der Waals surface area contributed by atoms with Gasteiger partial charge in [0.1, 0.15) is 0 Å². The summed E-state index contributed by atoms with van der Waals surface area (Å²) in [4.78, 5) is 2.36. The molecule has 0 amide bonds. The van der Waals surface area contributed by atoms with Crippen molar-refractivity contribution in [1.82, 2.24) is 0 Å². The molecule has 0 unspecified atom stereocenters. The van der Waals surface area contributed by atoms with E-state index < -0.39 is 0 Å². The maximum absolute atomic E-state index is 6.15. The standard InChI is InChI=1S/C17H26BNO2/c1-15(2)11-12-10-13(8-9-14(12)19(15)7)18-20-16(3,4)17(5,6)21-18/h8-10H,11H2,1-7H3. The highest BCUT2D eigenvalue weighted by Gasteiger charge is 2.52. The van der Waals surface area contributed by atoms with Crippen molar-refractivity contribution in [2.45, 2.75) is 64.7 Å². The van der Waals surface area contributed by atoms with E-state index in [1.54, 1.807) is 0 Å². The SMILES string of the molecule is CN1c2ccc(B3OC(C)(C)C(C)(C)O3)cc2CC1(C)C. The molecular formula is C17H26BNO2. The Morgan fingerprint density at radius 2 is 1.57 bits per heavy atom. The molecular weight excluding hydrogens is 261 g/mol. The lowest BCUT2D eigenvalue weighted by Gasteiger charge is -2.32. The monoisotopic (exact) mass is 287 g/mol. The van der Waals surface area contributed by atoms with Gasteiger partial charge in [-0.3, -0.25) is 0 Å². The fourth-order valence-corrected chi connectivity index (χ4v) is 3.11.